The van der Waals surface area contributed by atoms with Crippen molar-refractivity contribution in [1.29, 1.82) is 0 Å². The Bertz CT molecular complexity index is 1850. The molecule has 0 atom stereocenters. The summed E-state index contributed by atoms with van der Waals surface area (Å²) < 4.78 is 69.8. The van der Waals surface area contributed by atoms with Crippen molar-refractivity contribution >= 4 is 30.9 Å². The van der Waals surface area contributed by atoms with E-state index in [1.54, 1.807) is 0 Å². The summed E-state index contributed by atoms with van der Waals surface area (Å²) in [5, 5.41) is 9.19. The Labute approximate surface area is 229 Å². The first kappa shape index (κ1) is 28.8. The molecule has 0 saturated heterocycles. The summed E-state index contributed by atoms with van der Waals surface area (Å²) >= 11 is 0. The maximum atomic E-state index is 13.5. The van der Waals surface area contributed by atoms with Gasteiger partial charge in [-0.15, -0.1) is 4.73 Å². The Morgan fingerprint density at radius 2 is 1.60 bits per heavy atom. The van der Waals surface area contributed by atoms with E-state index in [1.165, 1.54) is 62.8 Å². The molecule has 2 heterocycles. The van der Waals surface area contributed by atoms with Crippen molar-refractivity contribution < 1.29 is 40.4 Å². The van der Waals surface area contributed by atoms with Gasteiger partial charge in [-0.25, -0.2) is 18.4 Å². The molecule has 0 unspecified atom stereocenters. The van der Waals surface area contributed by atoms with Crippen LogP contribution in [0.2, 0.25) is 0 Å². The number of aliphatic hydroxyl groups excluding tert-OH is 1. The van der Waals surface area contributed by atoms with E-state index < -0.39 is 25.5 Å². The largest absolute Gasteiger partial charge is 0.497 e. The average Bonchev–Trinajstić information content (AvgIpc) is 2.91. The van der Waals surface area contributed by atoms with Gasteiger partial charge >= 0.3 is 10.1 Å². The Morgan fingerprint density at radius 1 is 0.900 bits per heavy atom. The van der Waals surface area contributed by atoms with Gasteiger partial charge in [-0.05, 0) is 24.3 Å². The molecule has 212 valence electrons. The average molecular weight is 592 g/mol. The molecule has 4 rings (SSSR count). The van der Waals surface area contributed by atoms with E-state index in [-0.39, 0.29) is 57.7 Å². The molecule has 13 nitrogen and oxygen atoms in total. The summed E-state index contributed by atoms with van der Waals surface area (Å²) in [6, 6.07) is 11.6. The number of hydrogen-bond donors (Lipinski definition) is 1. The molecule has 0 bridgehead atoms. The third-order valence-electron chi connectivity index (χ3n) is 5.53. The van der Waals surface area contributed by atoms with Gasteiger partial charge < -0.3 is 19.3 Å². The molecule has 0 amide bonds. The molecule has 0 aliphatic rings. The first-order valence-corrected chi connectivity index (χ1v) is 15.2. The lowest BCUT2D eigenvalue weighted by atomic mass is 10.1. The zero-order chi connectivity index (χ0) is 29.2. The summed E-state index contributed by atoms with van der Waals surface area (Å²) in [7, 11) is -4.93. The minimum atomic E-state index is -4.21. The fourth-order valence-electron chi connectivity index (χ4n) is 3.79. The van der Waals surface area contributed by atoms with Gasteiger partial charge in [0.15, 0.2) is 9.84 Å². The number of benzene rings is 2. The van der Waals surface area contributed by atoms with E-state index in [0.717, 1.165) is 12.5 Å². The highest BCUT2D eigenvalue weighted by molar-refractivity contribution is 7.90. The van der Waals surface area contributed by atoms with E-state index in [4.69, 9.17) is 18.5 Å². The quantitative estimate of drug-likeness (QED) is 0.281. The van der Waals surface area contributed by atoms with Crippen LogP contribution in [0.5, 0.6) is 17.2 Å². The van der Waals surface area contributed by atoms with Crippen molar-refractivity contribution in [3.8, 4) is 40.0 Å². The van der Waals surface area contributed by atoms with Crippen molar-refractivity contribution in [3.05, 3.63) is 58.9 Å². The molecule has 2 aromatic heterocycles. The van der Waals surface area contributed by atoms with Gasteiger partial charge in [-0.2, -0.15) is 8.42 Å². The molecule has 40 heavy (non-hydrogen) atoms. The summed E-state index contributed by atoms with van der Waals surface area (Å²) in [6.07, 6.45) is 1.85. The molecule has 0 radical (unpaired) electrons. The number of rotatable bonds is 10. The zero-order valence-corrected chi connectivity index (χ0v) is 23.4. The van der Waals surface area contributed by atoms with Crippen LogP contribution in [-0.4, -0.2) is 76.6 Å². The topological polar surface area (TPSA) is 173 Å². The van der Waals surface area contributed by atoms with E-state index in [9.17, 15) is 26.7 Å². The van der Waals surface area contributed by atoms with Crippen LogP contribution in [-0.2, 0) is 20.0 Å². The molecule has 0 aliphatic carbocycles. The minimum absolute atomic E-state index is 0.0166. The third kappa shape index (κ3) is 6.00. The molecule has 0 saturated carbocycles. The number of ether oxygens (including phenoxy) is 3. The number of nitrogens with zero attached hydrogens (tertiary/aromatic N) is 3. The molecule has 2 aromatic carbocycles. The normalized spacial score (nSPS) is 11.8. The number of aromatic nitrogens is 3. The molecule has 0 fully saturated rings. The van der Waals surface area contributed by atoms with Crippen LogP contribution in [0, 0.1) is 0 Å². The lowest BCUT2D eigenvalue weighted by Gasteiger charge is -2.16. The lowest BCUT2D eigenvalue weighted by molar-refractivity contribution is 0.201. The SMILES string of the molecule is COc1cc(OC)c2c(=O)n(OS(C)(=O)=O)c(-c3ccc(OCCO)c(-c4ccc(S(C)(=O)=O)cc4)n3)nc2c1. The first-order chi connectivity index (χ1) is 18.9. The van der Waals surface area contributed by atoms with Gasteiger partial charge in [0.1, 0.15) is 40.6 Å². The van der Waals surface area contributed by atoms with Gasteiger partial charge in [-0.3, -0.25) is 9.08 Å². The van der Waals surface area contributed by atoms with E-state index in [2.05, 4.69) is 9.97 Å². The predicted molar refractivity (Wildman–Crippen MR) is 145 cm³/mol. The number of pyridine rings is 1. The van der Waals surface area contributed by atoms with Gasteiger partial charge in [0.25, 0.3) is 5.56 Å². The van der Waals surface area contributed by atoms with Gasteiger partial charge in [-0.1, -0.05) is 12.1 Å². The summed E-state index contributed by atoms with van der Waals surface area (Å²) in [4.78, 5) is 22.7. The van der Waals surface area contributed by atoms with Gasteiger partial charge in [0.2, 0.25) is 5.82 Å². The van der Waals surface area contributed by atoms with Crippen LogP contribution >= 0.6 is 0 Å². The van der Waals surface area contributed by atoms with E-state index in [1.807, 2.05) is 0 Å². The molecule has 1 N–H and O–H groups in total. The first-order valence-electron chi connectivity index (χ1n) is 11.5. The van der Waals surface area contributed by atoms with Gasteiger partial charge in [0, 0.05) is 24.0 Å². The van der Waals surface area contributed by atoms with E-state index >= 15 is 0 Å². The second kappa shape index (κ2) is 11.1. The second-order valence-corrected chi connectivity index (χ2v) is 12.0. The molecule has 0 aliphatic heterocycles. The van der Waals surface area contributed by atoms with Crippen LogP contribution < -0.4 is 24.1 Å². The van der Waals surface area contributed by atoms with Crippen LogP contribution in [0.15, 0.2) is 58.2 Å². The zero-order valence-electron chi connectivity index (χ0n) is 21.8. The molecular formula is C25H25N3O10S2. The smallest absolute Gasteiger partial charge is 0.324 e. The minimum Gasteiger partial charge on any atom is -0.497 e. The summed E-state index contributed by atoms with van der Waals surface area (Å²) in [5.74, 6) is 0.376. The predicted octanol–water partition coefficient (Wildman–Crippen LogP) is 1.31. The van der Waals surface area contributed by atoms with Crippen LogP contribution in [0.3, 0.4) is 0 Å². The second-order valence-electron chi connectivity index (χ2n) is 8.45. The number of sulfone groups is 1. The molecule has 0 spiro atoms. The van der Waals surface area contributed by atoms with Crippen molar-refractivity contribution in [3.63, 3.8) is 0 Å². The third-order valence-corrected chi connectivity index (χ3v) is 7.08. The van der Waals surface area contributed by atoms with Crippen LogP contribution in [0.1, 0.15) is 0 Å². The molecular weight excluding hydrogens is 566 g/mol. The maximum Gasteiger partial charge on any atom is 0.324 e. The van der Waals surface area contributed by atoms with E-state index in [0.29, 0.717) is 16.0 Å². The number of hydrogen-bond acceptors (Lipinski definition) is 12. The fraction of sp³-hybridized carbons (Fsp3) is 0.240. The fourth-order valence-corrected chi connectivity index (χ4v) is 4.83. The highest BCUT2D eigenvalue weighted by Gasteiger charge is 2.23. The van der Waals surface area contributed by atoms with Crippen molar-refractivity contribution in [2.45, 2.75) is 4.90 Å². The van der Waals surface area contributed by atoms with Crippen LogP contribution in [0.4, 0.5) is 0 Å². The monoisotopic (exact) mass is 591 g/mol. The number of aliphatic hydroxyl groups is 1. The summed E-state index contributed by atoms with van der Waals surface area (Å²) in [5.41, 5.74) is -0.112. The Morgan fingerprint density at radius 3 is 2.17 bits per heavy atom. The Balaban J connectivity index is 2.02. The molecule has 15 heteroatoms. The lowest BCUT2D eigenvalue weighted by Crippen LogP contribution is -2.33. The number of fused-ring (bicyclic) bond motifs is 1. The Hall–Kier alpha value is -4.21. The summed E-state index contributed by atoms with van der Waals surface area (Å²) in [6.45, 7) is -0.350. The van der Waals surface area contributed by atoms with Crippen molar-refractivity contribution in [2.75, 3.05) is 39.9 Å². The van der Waals surface area contributed by atoms with Crippen molar-refractivity contribution in [1.82, 2.24) is 14.7 Å². The maximum absolute atomic E-state index is 13.5. The highest BCUT2D eigenvalue weighted by atomic mass is 32.2. The molecule has 4 aromatic rings. The van der Waals surface area contributed by atoms with Crippen LogP contribution in [0.25, 0.3) is 33.7 Å². The van der Waals surface area contributed by atoms with Crippen molar-refractivity contribution in [2.24, 2.45) is 0 Å². The van der Waals surface area contributed by atoms with Gasteiger partial charge in [0.05, 0.1) is 37.5 Å². The highest BCUT2D eigenvalue weighted by Crippen LogP contribution is 2.33. The standard InChI is InChI=1S/C25H25N3O10S2/c1-35-16-13-19-22(21(14-16)36-2)25(30)28(38-40(4,33)34)24(27-19)18-9-10-20(37-12-11-29)23(26-18)15-5-7-17(8-6-15)39(3,31)32/h5-10,13-14,29H,11-12H2,1-4H3. The Kier molecular flexibility index (Phi) is 8.00. The number of methoxy groups -OCH3 is 2.